The Hall–Kier alpha value is -1.49. The topological polar surface area (TPSA) is 72.2 Å². The number of carbonyl (C=O) groups excluding carboxylic acids is 2. The molecule has 0 fully saturated rings. The molecule has 3 N–H and O–H groups in total. The van der Waals surface area contributed by atoms with Crippen LogP contribution in [-0.2, 0) is 10.5 Å². The number of rotatable bonds is 4. The molecule has 1 atom stereocenters. The second-order valence-corrected chi connectivity index (χ2v) is 5.57. The molecule has 0 saturated carbocycles. The van der Waals surface area contributed by atoms with Gasteiger partial charge in [-0.15, -0.1) is 11.8 Å². The average molecular weight is 266 g/mol. The highest BCUT2D eigenvalue weighted by atomic mass is 32.2. The molecule has 3 amide bonds. The molecular weight excluding hydrogens is 248 g/mol. The summed E-state index contributed by atoms with van der Waals surface area (Å²) in [6, 6.07) is 5.44. The molecule has 0 aliphatic heterocycles. The summed E-state index contributed by atoms with van der Waals surface area (Å²) in [7, 11) is 0. The summed E-state index contributed by atoms with van der Waals surface area (Å²) < 4.78 is 0. The van der Waals surface area contributed by atoms with E-state index in [0.717, 1.165) is 5.75 Å². The van der Waals surface area contributed by atoms with Crippen molar-refractivity contribution >= 4 is 23.7 Å². The maximum Gasteiger partial charge on any atom is 0.318 e. The lowest BCUT2D eigenvalue weighted by molar-refractivity contribution is -0.119. The number of aryl methyl sites for hydroxylation is 2. The molecule has 0 bridgehead atoms. The number of carbonyl (C=O) groups is 2. The van der Waals surface area contributed by atoms with Crippen molar-refractivity contribution in [1.82, 2.24) is 5.32 Å². The number of primary amides is 1. The third-order valence-electron chi connectivity index (χ3n) is 2.61. The molecular formula is C13H18N2O2S. The van der Waals surface area contributed by atoms with Gasteiger partial charge in [0.1, 0.15) is 0 Å². The van der Waals surface area contributed by atoms with Crippen molar-refractivity contribution < 1.29 is 9.59 Å². The first kappa shape index (κ1) is 14.6. The Kier molecular flexibility index (Phi) is 5.22. The van der Waals surface area contributed by atoms with Crippen LogP contribution in [0.3, 0.4) is 0 Å². The third kappa shape index (κ3) is 4.41. The van der Waals surface area contributed by atoms with E-state index in [0.29, 0.717) is 0 Å². The maximum absolute atomic E-state index is 11.5. The van der Waals surface area contributed by atoms with Gasteiger partial charge in [0, 0.05) is 5.75 Å². The van der Waals surface area contributed by atoms with Crippen LogP contribution in [-0.4, -0.2) is 17.2 Å². The zero-order valence-corrected chi connectivity index (χ0v) is 11.6. The van der Waals surface area contributed by atoms with Gasteiger partial charge < -0.3 is 5.73 Å². The minimum atomic E-state index is -0.806. The fourth-order valence-electron chi connectivity index (χ4n) is 1.47. The summed E-state index contributed by atoms with van der Waals surface area (Å²) in [6.45, 7) is 5.84. The number of hydrogen-bond acceptors (Lipinski definition) is 3. The van der Waals surface area contributed by atoms with Crippen LogP contribution in [0.15, 0.2) is 18.2 Å². The third-order valence-corrected chi connectivity index (χ3v) is 3.80. The van der Waals surface area contributed by atoms with Crippen molar-refractivity contribution in [2.24, 2.45) is 5.73 Å². The second kappa shape index (κ2) is 6.44. The van der Waals surface area contributed by atoms with Crippen molar-refractivity contribution in [2.45, 2.75) is 31.8 Å². The minimum absolute atomic E-state index is 0.308. The summed E-state index contributed by atoms with van der Waals surface area (Å²) in [5, 5.41) is 1.78. The summed E-state index contributed by atoms with van der Waals surface area (Å²) in [6.07, 6.45) is 0. The van der Waals surface area contributed by atoms with Crippen LogP contribution >= 0.6 is 11.8 Å². The molecule has 0 aromatic heterocycles. The largest absolute Gasteiger partial charge is 0.351 e. The Morgan fingerprint density at radius 1 is 1.39 bits per heavy atom. The van der Waals surface area contributed by atoms with Crippen LogP contribution in [0.25, 0.3) is 0 Å². The van der Waals surface area contributed by atoms with Crippen LogP contribution in [0.2, 0.25) is 0 Å². The van der Waals surface area contributed by atoms with Crippen LogP contribution in [0.1, 0.15) is 23.6 Å². The predicted molar refractivity (Wildman–Crippen MR) is 74.4 cm³/mol. The Labute approximate surface area is 111 Å². The number of nitrogens with one attached hydrogen (secondary N) is 1. The van der Waals surface area contributed by atoms with Gasteiger partial charge in [-0.1, -0.05) is 23.8 Å². The van der Waals surface area contributed by atoms with E-state index >= 15 is 0 Å². The van der Waals surface area contributed by atoms with Crippen molar-refractivity contribution in [2.75, 3.05) is 0 Å². The van der Waals surface area contributed by atoms with E-state index in [4.69, 9.17) is 5.73 Å². The lowest BCUT2D eigenvalue weighted by atomic mass is 10.1. The van der Waals surface area contributed by atoms with E-state index in [2.05, 4.69) is 23.5 Å². The minimum Gasteiger partial charge on any atom is -0.351 e. The highest BCUT2D eigenvalue weighted by molar-refractivity contribution is 7.99. The van der Waals surface area contributed by atoms with E-state index in [1.54, 1.807) is 6.92 Å². The molecule has 1 unspecified atom stereocenters. The van der Waals surface area contributed by atoms with Gasteiger partial charge in [0.25, 0.3) is 0 Å². The number of imide groups is 1. The van der Waals surface area contributed by atoms with Gasteiger partial charge >= 0.3 is 6.03 Å². The molecule has 5 heteroatoms. The van der Waals surface area contributed by atoms with Gasteiger partial charge in [-0.3, -0.25) is 10.1 Å². The number of urea groups is 1. The van der Waals surface area contributed by atoms with Gasteiger partial charge in [0.2, 0.25) is 5.91 Å². The standard InChI is InChI=1S/C13H18N2O2S/c1-8-4-5-9(2)11(6-8)7-18-10(3)12(16)15-13(14)17/h4-6,10H,7H2,1-3H3,(H3,14,15,16,17). The Morgan fingerprint density at radius 2 is 2.06 bits per heavy atom. The molecule has 1 aromatic carbocycles. The molecule has 0 aliphatic carbocycles. The Balaban J connectivity index is 2.57. The average Bonchev–Trinajstić information content (AvgIpc) is 2.29. The van der Waals surface area contributed by atoms with E-state index in [1.165, 1.54) is 28.5 Å². The molecule has 4 nitrogen and oxygen atoms in total. The van der Waals surface area contributed by atoms with Crippen LogP contribution < -0.4 is 11.1 Å². The van der Waals surface area contributed by atoms with Crippen molar-refractivity contribution in [3.8, 4) is 0 Å². The van der Waals surface area contributed by atoms with Gasteiger partial charge in [-0.05, 0) is 31.9 Å². The molecule has 1 aromatic rings. The lowest BCUT2D eigenvalue weighted by Crippen LogP contribution is -2.39. The van der Waals surface area contributed by atoms with E-state index < -0.39 is 6.03 Å². The van der Waals surface area contributed by atoms with Crippen LogP contribution in [0, 0.1) is 13.8 Å². The van der Waals surface area contributed by atoms with Crippen LogP contribution in [0.4, 0.5) is 4.79 Å². The van der Waals surface area contributed by atoms with Gasteiger partial charge in [-0.2, -0.15) is 0 Å². The number of nitrogens with two attached hydrogens (primary N) is 1. The molecule has 0 heterocycles. The fraction of sp³-hybridized carbons (Fsp3) is 0.385. The monoisotopic (exact) mass is 266 g/mol. The second-order valence-electron chi connectivity index (χ2n) is 4.24. The molecule has 0 spiro atoms. The van der Waals surface area contributed by atoms with Crippen LogP contribution in [0.5, 0.6) is 0 Å². The number of amides is 3. The smallest absolute Gasteiger partial charge is 0.318 e. The van der Waals surface area contributed by atoms with E-state index in [9.17, 15) is 9.59 Å². The first-order valence-electron chi connectivity index (χ1n) is 5.68. The zero-order valence-electron chi connectivity index (χ0n) is 10.8. The quantitative estimate of drug-likeness (QED) is 0.876. The molecule has 0 saturated heterocycles. The summed E-state index contributed by atoms with van der Waals surface area (Å²) in [4.78, 5) is 22.1. The molecule has 18 heavy (non-hydrogen) atoms. The van der Waals surface area contributed by atoms with E-state index in [-0.39, 0.29) is 11.2 Å². The predicted octanol–water partition coefficient (Wildman–Crippen LogP) is 2.12. The summed E-state index contributed by atoms with van der Waals surface area (Å²) in [5.74, 6) is 0.388. The van der Waals surface area contributed by atoms with Gasteiger partial charge in [0.05, 0.1) is 5.25 Å². The van der Waals surface area contributed by atoms with Crippen molar-refractivity contribution in [3.05, 3.63) is 34.9 Å². The maximum atomic E-state index is 11.5. The van der Waals surface area contributed by atoms with Gasteiger partial charge in [-0.25, -0.2) is 4.79 Å². The first-order valence-corrected chi connectivity index (χ1v) is 6.73. The summed E-state index contributed by atoms with van der Waals surface area (Å²) >= 11 is 1.48. The van der Waals surface area contributed by atoms with E-state index in [1.807, 2.05) is 13.8 Å². The number of benzene rings is 1. The number of thioether (sulfide) groups is 1. The Morgan fingerprint density at radius 3 is 2.67 bits per heavy atom. The number of hydrogen-bond donors (Lipinski definition) is 2. The normalized spacial score (nSPS) is 11.9. The van der Waals surface area contributed by atoms with Crippen molar-refractivity contribution in [3.63, 3.8) is 0 Å². The SMILES string of the molecule is Cc1ccc(C)c(CSC(C)C(=O)NC(N)=O)c1. The Bertz CT molecular complexity index is 460. The highest BCUT2D eigenvalue weighted by Crippen LogP contribution is 2.21. The summed E-state index contributed by atoms with van der Waals surface area (Å²) in [5.41, 5.74) is 8.51. The van der Waals surface area contributed by atoms with Gasteiger partial charge in [0.15, 0.2) is 0 Å². The lowest BCUT2D eigenvalue weighted by Gasteiger charge is -2.11. The van der Waals surface area contributed by atoms with Crippen molar-refractivity contribution in [1.29, 1.82) is 0 Å². The fourth-order valence-corrected chi connectivity index (χ4v) is 2.42. The molecule has 0 aliphatic rings. The zero-order chi connectivity index (χ0) is 13.7. The first-order chi connectivity index (χ1) is 8.40. The highest BCUT2D eigenvalue weighted by Gasteiger charge is 2.15. The molecule has 98 valence electrons. The molecule has 0 radical (unpaired) electrons. The molecule has 1 rings (SSSR count).